The number of hydrogen-bond acceptors (Lipinski definition) is 3. The Balaban J connectivity index is 3.21. The lowest BCUT2D eigenvalue weighted by atomic mass is 10.6. The predicted octanol–water partition coefficient (Wildman–Crippen LogP) is 1.05. The largest absolute Gasteiger partial charge is 0.549 e. The molecule has 1 aliphatic heterocycles. The number of rotatable bonds is 2. The van der Waals surface area contributed by atoms with Gasteiger partial charge in [-0.1, -0.05) is 0 Å². The Labute approximate surface area is 86.2 Å². The summed E-state index contributed by atoms with van der Waals surface area (Å²) in [6, 6.07) is 0. The van der Waals surface area contributed by atoms with E-state index in [-0.39, 0.29) is 13.2 Å². The highest BCUT2D eigenvalue weighted by molar-refractivity contribution is 7.86. The van der Waals surface area contributed by atoms with Crippen molar-refractivity contribution in [3.8, 4) is 0 Å². The summed E-state index contributed by atoms with van der Waals surface area (Å²) in [4.78, 5) is 1.41. The number of quaternary nitrogens is 1. The van der Waals surface area contributed by atoms with Crippen molar-refractivity contribution in [3.05, 3.63) is 12.4 Å². The Morgan fingerprint density at radius 1 is 1.47 bits per heavy atom. The number of alkyl halides is 3. The van der Waals surface area contributed by atoms with Crippen LogP contribution in [0.2, 0.25) is 0 Å². The topological polar surface area (TPSA) is 37.4 Å². The summed E-state index contributed by atoms with van der Waals surface area (Å²) in [5, 5.41) is 0. The third-order valence-electron chi connectivity index (χ3n) is 2.36. The Morgan fingerprint density at radius 2 is 2.00 bits per heavy atom. The highest BCUT2D eigenvalue weighted by Gasteiger charge is 2.60. The van der Waals surface area contributed by atoms with Gasteiger partial charge in [-0.25, -0.2) is 0 Å². The van der Waals surface area contributed by atoms with Gasteiger partial charge in [0.05, 0.1) is 12.7 Å². The first-order chi connectivity index (χ1) is 6.66. The number of nitrogens with zero attached hydrogens (tertiary/aromatic N) is 2. The summed E-state index contributed by atoms with van der Waals surface area (Å²) < 4.78 is 58.7. The van der Waals surface area contributed by atoms with Crippen LogP contribution < -0.4 is 0 Å². The van der Waals surface area contributed by atoms with Crippen LogP contribution in [0.15, 0.2) is 12.4 Å². The second-order valence-electron chi connectivity index (χ2n) is 3.39. The van der Waals surface area contributed by atoms with E-state index < -0.39 is 19.4 Å². The third-order valence-corrected chi connectivity index (χ3v) is 4.40. The van der Waals surface area contributed by atoms with Gasteiger partial charge in [0.1, 0.15) is 6.20 Å². The van der Waals surface area contributed by atoms with Gasteiger partial charge < -0.3 is 4.90 Å². The molecule has 8 heteroatoms. The molecule has 1 heterocycles. The van der Waals surface area contributed by atoms with Crippen molar-refractivity contribution in [2.24, 2.45) is 0 Å². The molecule has 0 aromatic heterocycles. The van der Waals surface area contributed by atoms with E-state index in [1.807, 2.05) is 0 Å². The molecule has 0 radical (unpaired) electrons. The first-order valence-corrected chi connectivity index (χ1v) is 5.68. The van der Waals surface area contributed by atoms with Gasteiger partial charge in [0.2, 0.25) is 0 Å². The Bertz CT molecular complexity index is 376. The molecule has 0 bridgehead atoms. The first kappa shape index (κ1) is 12.3. The van der Waals surface area contributed by atoms with Gasteiger partial charge in [-0.05, 0) is 6.92 Å². The molecule has 0 spiro atoms. The normalized spacial score (nSPS) is 27.4. The van der Waals surface area contributed by atoms with Gasteiger partial charge >= 0.3 is 15.5 Å². The van der Waals surface area contributed by atoms with E-state index in [2.05, 4.69) is 0 Å². The molecule has 0 saturated carbocycles. The zero-order chi connectivity index (χ0) is 11.9. The monoisotopic (exact) mass is 245 g/mol. The van der Waals surface area contributed by atoms with Gasteiger partial charge in [-0.3, -0.25) is 0 Å². The molecule has 4 nitrogen and oxygen atoms in total. The summed E-state index contributed by atoms with van der Waals surface area (Å²) in [5.41, 5.74) is -5.22. The van der Waals surface area contributed by atoms with Crippen LogP contribution in [-0.2, 0) is 10.0 Å². The van der Waals surface area contributed by atoms with Gasteiger partial charge in [-0.15, -0.1) is 0 Å². The Hall–Kier alpha value is -0.760. The fourth-order valence-electron chi connectivity index (χ4n) is 1.44. The van der Waals surface area contributed by atoms with Crippen molar-refractivity contribution in [1.82, 2.24) is 4.90 Å². The minimum atomic E-state index is -5.22. The lowest BCUT2D eigenvalue weighted by Gasteiger charge is -2.29. The van der Waals surface area contributed by atoms with E-state index in [0.29, 0.717) is 0 Å². The summed E-state index contributed by atoms with van der Waals surface area (Å²) in [5.74, 6) is 0. The zero-order valence-electron chi connectivity index (χ0n) is 8.32. The minimum absolute atomic E-state index is 0.150. The van der Waals surface area contributed by atoms with Crippen LogP contribution in [0.25, 0.3) is 0 Å². The van der Waals surface area contributed by atoms with E-state index in [9.17, 15) is 21.6 Å². The van der Waals surface area contributed by atoms with Crippen LogP contribution in [-0.4, -0.2) is 43.0 Å². The number of halogens is 3. The maximum Gasteiger partial charge on any atom is 0.549 e. The van der Waals surface area contributed by atoms with Crippen molar-refractivity contribution in [2.75, 3.05) is 20.3 Å². The number of hydrogen-bond donors (Lipinski definition) is 0. The van der Waals surface area contributed by atoms with Gasteiger partial charge in [0.15, 0.2) is 6.67 Å². The summed E-state index contributed by atoms with van der Waals surface area (Å²) in [6.45, 7) is 1.05. The molecule has 88 valence electrons. The molecular weight excluding hydrogens is 233 g/mol. The molecule has 0 aliphatic carbocycles. The van der Waals surface area contributed by atoms with Crippen LogP contribution in [0.3, 0.4) is 0 Å². The zero-order valence-corrected chi connectivity index (χ0v) is 9.14. The van der Waals surface area contributed by atoms with Crippen molar-refractivity contribution in [1.29, 1.82) is 0 Å². The molecule has 0 N–H and O–H groups in total. The molecule has 1 unspecified atom stereocenters. The smallest absolute Gasteiger partial charge is 0.328 e. The van der Waals surface area contributed by atoms with E-state index in [1.165, 1.54) is 25.1 Å². The molecular formula is C7H12F3N2O2S+. The highest BCUT2D eigenvalue weighted by atomic mass is 32.2. The average Bonchev–Trinajstić information content (AvgIpc) is 2.46. The molecule has 0 amide bonds. The van der Waals surface area contributed by atoms with Crippen LogP contribution in [0.5, 0.6) is 0 Å². The van der Waals surface area contributed by atoms with Crippen molar-refractivity contribution in [2.45, 2.75) is 12.4 Å². The average molecular weight is 245 g/mol. The molecule has 0 fully saturated rings. The fourth-order valence-corrected chi connectivity index (χ4v) is 2.75. The van der Waals surface area contributed by atoms with Crippen molar-refractivity contribution < 1.29 is 25.5 Å². The molecule has 0 aromatic carbocycles. The van der Waals surface area contributed by atoms with E-state index in [4.69, 9.17) is 0 Å². The van der Waals surface area contributed by atoms with Gasteiger partial charge in [0, 0.05) is 7.05 Å². The maximum absolute atomic E-state index is 12.4. The molecule has 0 saturated heterocycles. The van der Waals surface area contributed by atoms with Crippen LogP contribution in [0.1, 0.15) is 6.92 Å². The minimum Gasteiger partial charge on any atom is -0.328 e. The molecule has 1 rings (SSSR count). The van der Waals surface area contributed by atoms with E-state index in [1.54, 1.807) is 0 Å². The first-order valence-electron chi connectivity index (χ1n) is 4.24. The van der Waals surface area contributed by atoms with E-state index in [0.717, 1.165) is 6.20 Å². The summed E-state index contributed by atoms with van der Waals surface area (Å²) >= 11 is 0. The highest BCUT2D eigenvalue weighted by Crippen LogP contribution is 2.35. The molecule has 1 atom stereocenters. The second-order valence-corrected chi connectivity index (χ2v) is 5.53. The van der Waals surface area contributed by atoms with Crippen LogP contribution in [0.4, 0.5) is 13.2 Å². The Kier molecular flexibility index (Phi) is 2.77. The van der Waals surface area contributed by atoms with Crippen LogP contribution in [0, 0.1) is 0 Å². The maximum atomic E-state index is 12.4. The Morgan fingerprint density at radius 3 is 2.27 bits per heavy atom. The number of sulfonamides is 1. The lowest BCUT2D eigenvalue weighted by Crippen LogP contribution is -2.54. The SMILES string of the molecule is CC[N+]1(S(=O)(=O)C(F)(F)F)C=CN(C)C1. The summed E-state index contributed by atoms with van der Waals surface area (Å²) in [7, 11) is -3.69. The lowest BCUT2D eigenvalue weighted by molar-refractivity contribution is -0.755. The predicted molar refractivity (Wildman–Crippen MR) is 47.5 cm³/mol. The second kappa shape index (κ2) is 3.38. The summed E-state index contributed by atoms with van der Waals surface area (Å²) in [6.07, 6.45) is 2.40. The fraction of sp³-hybridized carbons (Fsp3) is 0.714. The van der Waals surface area contributed by atoms with Gasteiger partial charge in [0.25, 0.3) is 0 Å². The van der Waals surface area contributed by atoms with Gasteiger partial charge in [-0.2, -0.15) is 25.5 Å². The van der Waals surface area contributed by atoms with E-state index >= 15 is 0 Å². The van der Waals surface area contributed by atoms with Crippen molar-refractivity contribution >= 4 is 10.0 Å². The van der Waals surface area contributed by atoms with Crippen LogP contribution >= 0.6 is 0 Å². The quantitative estimate of drug-likeness (QED) is 0.682. The van der Waals surface area contributed by atoms with Crippen molar-refractivity contribution in [3.63, 3.8) is 0 Å². The third kappa shape index (κ3) is 1.71. The molecule has 1 aliphatic rings. The molecule has 15 heavy (non-hydrogen) atoms. The standard InChI is InChI=1S/C7H12F3N2O2S/c1-3-12(5-4-11(2)6-12)15(13,14)7(8,9)10/h4-5H,3,6H2,1-2H3/q+1. The molecule has 0 aromatic rings.